The molecule has 4 heteroatoms. The van der Waals surface area contributed by atoms with Gasteiger partial charge < -0.3 is 9.88 Å². The number of hydrogen-bond donors (Lipinski definition) is 1. The van der Waals surface area contributed by atoms with E-state index in [2.05, 4.69) is 20.1 Å². The Kier molecular flexibility index (Phi) is 2.44. The zero-order valence-corrected chi connectivity index (χ0v) is 9.02. The van der Waals surface area contributed by atoms with Gasteiger partial charge in [-0.15, -0.1) is 10.2 Å². The van der Waals surface area contributed by atoms with Gasteiger partial charge in [-0.3, -0.25) is 0 Å². The van der Waals surface area contributed by atoms with Crippen molar-refractivity contribution in [3.63, 3.8) is 0 Å². The highest BCUT2D eigenvalue weighted by Crippen LogP contribution is 2.30. The van der Waals surface area contributed by atoms with E-state index in [0.29, 0.717) is 6.04 Å². The summed E-state index contributed by atoms with van der Waals surface area (Å²) in [6.07, 6.45) is 8.39. The monoisotopic (exact) mass is 206 g/mol. The third-order valence-electron chi connectivity index (χ3n) is 3.70. The molecular weight excluding hydrogens is 188 g/mol. The van der Waals surface area contributed by atoms with E-state index < -0.39 is 0 Å². The third kappa shape index (κ3) is 1.78. The first-order chi connectivity index (χ1) is 7.43. The van der Waals surface area contributed by atoms with Crippen LogP contribution in [0, 0.1) is 5.92 Å². The molecule has 82 valence electrons. The van der Waals surface area contributed by atoms with E-state index in [-0.39, 0.29) is 0 Å². The van der Waals surface area contributed by atoms with Crippen molar-refractivity contribution in [1.29, 1.82) is 0 Å². The van der Waals surface area contributed by atoms with Crippen molar-refractivity contribution in [2.24, 2.45) is 5.92 Å². The summed E-state index contributed by atoms with van der Waals surface area (Å²) in [6, 6.07) is 0.683. The minimum atomic E-state index is 0.683. The van der Waals surface area contributed by atoms with Crippen LogP contribution in [0.25, 0.3) is 0 Å². The second kappa shape index (κ2) is 3.93. The molecule has 2 heterocycles. The molecular formula is C11H18N4. The highest BCUT2D eigenvalue weighted by atomic mass is 15.3. The molecule has 0 unspecified atom stereocenters. The molecule has 3 rings (SSSR count). The highest BCUT2D eigenvalue weighted by Gasteiger charge is 2.23. The molecule has 1 saturated heterocycles. The summed E-state index contributed by atoms with van der Waals surface area (Å²) in [7, 11) is 0. The summed E-state index contributed by atoms with van der Waals surface area (Å²) >= 11 is 0. The van der Waals surface area contributed by atoms with Crippen LogP contribution in [-0.4, -0.2) is 27.9 Å². The molecule has 1 aromatic rings. The Bertz CT molecular complexity index is 323. The first-order valence-electron chi connectivity index (χ1n) is 6.02. The second-order valence-electron chi connectivity index (χ2n) is 4.82. The summed E-state index contributed by atoms with van der Waals surface area (Å²) in [4.78, 5) is 0. The molecule has 2 aliphatic rings. The Morgan fingerprint density at radius 3 is 2.80 bits per heavy atom. The second-order valence-corrected chi connectivity index (χ2v) is 4.82. The SMILES string of the molecule is c1nnc(CC2CNC2)n1C1CCCC1. The molecule has 2 fully saturated rings. The van der Waals surface area contributed by atoms with E-state index in [9.17, 15) is 0 Å². The fourth-order valence-electron chi connectivity index (χ4n) is 2.65. The number of aromatic nitrogens is 3. The van der Waals surface area contributed by atoms with Gasteiger partial charge in [0.25, 0.3) is 0 Å². The molecule has 1 saturated carbocycles. The lowest BCUT2D eigenvalue weighted by molar-refractivity contribution is 0.332. The zero-order valence-electron chi connectivity index (χ0n) is 9.02. The van der Waals surface area contributed by atoms with Crippen LogP contribution < -0.4 is 5.32 Å². The van der Waals surface area contributed by atoms with Crippen LogP contribution >= 0.6 is 0 Å². The van der Waals surface area contributed by atoms with Gasteiger partial charge in [0.2, 0.25) is 0 Å². The van der Waals surface area contributed by atoms with Crippen LogP contribution in [-0.2, 0) is 6.42 Å². The Labute approximate surface area is 90.1 Å². The predicted molar refractivity (Wildman–Crippen MR) is 57.6 cm³/mol. The average molecular weight is 206 g/mol. The maximum Gasteiger partial charge on any atom is 0.133 e. The van der Waals surface area contributed by atoms with Crippen molar-refractivity contribution >= 4 is 0 Å². The van der Waals surface area contributed by atoms with Crippen LogP contribution in [0.1, 0.15) is 37.5 Å². The van der Waals surface area contributed by atoms with Crippen molar-refractivity contribution in [1.82, 2.24) is 20.1 Å². The summed E-state index contributed by atoms with van der Waals surface area (Å²) in [5.41, 5.74) is 0. The van der Waals surface area contributed by atoms with E-state index in [1.54, 1.807) is 0 Å². The van der Waals surface area contributed by atoms with Crippen molar-refractivity contribution in [2.75, 3.05) is 13.1 Å². The van der Waals surface area contributed by atoms with Gasteiger partial charge in [-0.2, -0.15) is 0 Å². The number of hydrogen-bond acceptors (Lipinski definition) is 3. The molecule has 15 heavy (non-hydrogen) atoms. The lowest BCUT2D eigenvalue weighted by Crippen LogP contribution is -2.43. The molecule has 1 N–H and O–H groups in total. The Hall–Kier alpha value is -0.900. The highest BCUT2D eigenvalue weighted by molar-refractivity contribution is 4.95. The molecule has 1 aliphatic heterocycles. The van der Waals surface area contributed by atoms with Gasteiger partial charge in [0.1, 0.15) is 12.2 Å². The zero-order chi connectivity index (χ0) is 10.1. The van der Waals surface area contributed by atoms with E-state index in [0.717, 1.165) is 25.4 Å². The van der Waals surface area contributed by atoms with Gasteiger partial charge in [0, 0.05) is 12.5 Å². The molecule has 0 aromatic carbocycles. The lowest BCUT2D eigenvalue weighted by Gasteiger charge is -2.27. The standard InChI is InChI=1S/C11H18N4/c1-2-4-10(3-1)15-8-13-14-11(15)5-9-6-12-7-9/h8-10,12H,1-7H2. The molecule has 0 spiro atoms. The third-order valence-corrected chi connectivity index (χ3v) is 3.70. The fraction of sp³-hybridized carbons (Fsp3) is 0.818. The van der Waals surface area contributed by atoms with Gasteiger partial charge in [0.15, 0.2) is 0 Å². The van der Waals surface area contributed by atoms with Crippen molar-refractivity contribution < 1.29 is 0 Å². The average Bonchev–Trinajstić information content (AvgIpc) is 2.81. The van der Waals surface area contributed by atoms with Crippen LogP contribution in [0.3, 0.4) is 0 Å². The van der Waals surface area contributed by atoms with Crippen LogP contribution in [0.15, 0.2) is 6.33 Å². The molecule has 1 aliphatic carbocycles. The summed E-state index contributed by atoms with van der Waals surface area (Å²) < 4.78 is 2.32. The summed E-state index contributed by atoms with van der Waals surface area (Å²) in [6.45, 7) is 2.30. The van der Waals surface area contributed by atoms with Crippen molar-refractivity contribution in [3.8, 4) is 0 Å². The number of nitrogens with zero attached hydrogens (tertiary/aromatic N) is 3. The largest absolute Gasteiger partial charge is 0.316 e. The minimum absolute atomic E-state index is 0.683. The smallest absolute Gasteiger partial charge is 0.133 e. The fourth-order valence-corrected chi connectivity index (χ4v) is 2.65. The van der Waals surface area contributed by atoms with Gasteiger partial charge >= 0.3 is 0 Å². The molecule has 0 atom stereocenters. The van der Waals surface area contributed by atoms with Gasteiger partial charge in [0.05, 0.1) is 0 Å². The first kappa shape index (κ1) is 9.33. The van der Waals surface area contributed by atoms with E-state index in [1.165, 1.54) is 31.5 Å². The Balaban J connectivity index is 1.72. The van der Waals surface area contributed by atoms with Gasteiger partial charge in [-0.25, -0.2) is 0 Å². The lowest BCUT2D eigenvalue weighted by atomic mass is 9.99. The Morgan fingerprint density at radius 2 is 2.13 bits per heavy atom. The molecule has 4 nitrogen and oxygen atoms in total. The predicted octanol–water partition coefficient (Wildman–Crippen LogP) is 1.16. The minimum Gasteiger partial charge on any atom is -0.316 e. The van der Waals surface area contributed by atoms with E-state index in [1.807, 2.05) is 6.33 Å². The van der Waals surface area contributed by atoms with Crippen LogP contribution in [0.2, 0.25) is 0 Å². The molecule has 1 aromatic heterocycles. The normalized spacial score (nSPS) is 23.2. The topological polar surface area (TPSA) is 42.7 Å². The maximum absolute atomic E-state index is 4.27. The van der Waals surface area contributed by atoms with Gasteiger partial charge in [-0.1, -0.05) is 12.8 Å². The molecule has 0 amide bonds. The van der Waals surface area contributed by atoms with Crippen LogP contribution in [0.4, 0.5) is 0 Å². The number of rotatable bonds is 3. The molecule has 0 radical (unpaired) electrons. The number of nitrogens with one attached hydrogen (secondary N) is 1. The van der Waals surface area contributed by atoms with Crippen molar-refractivity contribution in [2.45, 2.75) is 38.1 Å². The van der Waals surface area contributed by atoms with E-state index >= 15 is 0 Å². The van der Waals surface area contributed by atoms with E-state index in [4.69, 9.17) is 0 Å². The first-order valence-corrected chi connectivity index (χ1v) is 6.02. The molecule has 0 bridgehead atoms. The Morgan fingerprint density at radius 1 is 1.33 bits per heavy atom. The van der Waals surface area contributed by atoms with Crippen LogP contribution in [0.5, 0.6) is 0 Å². The quantitative estimate of drug-likeness (QED) is 0.807. The van der Waals surface area contributed by atoms with Gasteiger partial charge in [-0.05, 0) is 31.8 Å². The summed E-state index contributed by atoms with van der Waals surface area (Å²) in [5.74, 6) is 1.99. The summed E-state index contributed by atoms with van der Waals surface area (Å²) in [5, 5.41) is 11.6. The maximum atomic E-state index is 4.27. The van der Waals surface area contributed by atoms with Crippen molar-refractivity contribution in [3.05, 3.63) is 12.2 Å².